The molecule has 2 aliphatic rings. The van der Waals surface area contributed by atoms with Gasteiger partial charge in [0.2, 0.25) is 0 Å². The third-order valence-electron chi connectivity index (χ3n) is 4.19. The number of halogens is 4. The van der Waals surface area contributed by atoms with Gasteiger partial charge < -0.3 is 10.6 Å². The lowest BCUT2D eigenvalue weighted by atomic mass is 9.96. The number of likely N-dealkylation sites (tertiary alicyclic amines) is 1. The molecule has 130 valence electrons. The van der Waals surface area contributed by atoms with Gasteiger partial charge in [-0.25, -0.2) is 0 Å². The summed E-state index contributed by atoms with van der Waals surface area (Å²) >= 11 is 0. The minimum atomic E-state index is -4.11. The summed E-state index contributed by atoms with van der Waals surface area (Å²) in [5.41, 5.74) is 0. The number of hydrogen-bond donors (Lipinski definition) is 2. The van der Waals surface area contributed by atoms with Crippen LogP contribution in [0.2, 0.25) is 0 Å². The normalized spacial score (nSPS) is 24.9. The van der Waals surface area contributed by atoms with E-state index in [1.807, 2.05) is 0 Å². The molecule has 0 aromatic rings. The van der Waals surface area contributed by atoms with Crippen LogP contribution < -0.4 is 10.6 Å². The Morgan fingerprint density at radius 2 is 1.73 bits per heavy atom. The van der Waals surface area contributed by atoms with Crippen LogP contribution in [-0.2, 0) is 0 Å². The first kappa shape index (κ1) is 19.8. The topological polar surface area (TPSA) is 39.7 Å². The van der Waals surface area contributed by atoms with Gasteiger partial charge in [-0.05, 0) is 19.3 Å². The fourth-order valence-corrected chi connectivity index (χ4v) is 3.15. The quantitative estimate of drug-likeness (QED) is 0.408. The molecule has 4 nitrogen and oxygen atoms in total. The molecule has 0 radical (unpaired) electrons. The predicted molar refractivity (Wildman–Crippen MR) is 92.8 cm³/mol. The van der Waals surface area contributed by atoms with Crippen LogP contribution in [0, 0.1) is 0 Å². The fourth-order valence-electron chi connectivity index (χ4n) is 3.15. The first-order valence-corrected chi connectivity index (χ1v) is 7.75. The van der Waals surface area contributed by atoms with Crippen molar-refractivity contribution in [3.8, 4) is 0 Å². The van der Waals surface area contributed by atoms with Gasteiger partial charge >= 0.3 is 6.18 Å². The highest BCUT2D eigenvalue weighted by Gasteiger charge is 2.34. The summed E-state index contributed by atoms with van der Waals surface area (Å²) in [7, 11) is 1.71. The van der Waals surface area contributed by atoms with E-state index in [2.05, 4.69) is 15.6 Å². The highest BCUT2D eigenvalue weighted by atomic mass is 127. The number of guanidine groups is 1. The van der Waals surface area contributed by atoms with Gasteiger partial charge in [-0.2, -0.15) is 13.2 Å². The summed E-state index contributed by atoms with van der Waals surface area (Å²) in [4.78, 5) is 5.65. The van der Waals surface area contributed by atoms with Crippen molar-refractivity contribution < 1.29 is 13.2 Å². The van der Waals surface area contributed by atoms with E-state index in [0.29, 0.717) is 19.1 Å². The summed E-state index contributed by atoms with van der Waals surface area (Å²) < 4.78 is 37.1. The van der Waals surface area contributed by atoms with Crippen molar-refractivity contribution in [1.29, 1.82) is 0 Å². The molecule has 1 heterocycles. The second kappa shape index (κ2) is 9.14. The molecule has 2 fully saturated rings. The van der Waals surface area contributed by atoms with Gasteiger partial charge in [-0.3, -0.25) is 9.89 Å². The van der Waals surface area contributed by atoms with Crippen LogP contribution in [-0.4, -0.2) is 55.8 Å². The second-order valence-electron chi connectivity index (χ2n) is 6.03. The van der Waals surface area contributed by atoms with E-state index in [4.69, 9.17) is 0 Å². The Hall–Kier alpha value is -0.250. The Morgan fingerprint density at radius 1 is 1.09 bits per heavy atom. The van der Waals surface area contributed by atoms with Crippen LogP contribution in [0.25, 0.3) is 0 Å². The number of alkyl halides is 3. The minimum absolute atomic E-state index is 0. The van der Waals surface area contributed by atoms with Gasteiger partial charge in [-0.1, -0.05) is 19.3 Å². The van der Waals surface area contributed by atoms with Gasteiger partial charge in [0.05, 0.1) is 6.54 Å². The Bertz CT molecular complexity index is 356. The van der Waals surface area contributed by atoms with Gasteiger partial charge in [0.25, 0.3) is 0 Å². The third-order valence-corrected chi connectivity index (χ3v) is 4.19. The number of nitrogens with zero attached hydrogens (tertiary/aromatic N) is 2. The molecule has 2 rings (SSSR count). The molecule has 0 amide bonds. The molecule has 2 N–H and O–H groups in total. The smallest absolute Gasteiger partial charge is 0.354 e. The molecule has 1 atom stereocenters. The van der Waals surface area contributed by atoms with Crippen LogP contribution in [0.5, 0.6) is 0 Å². The van der Waals surface area contributed by atoms with Crippen LogP contribution in [0.1, 0.15) is 38.5 Å². The van der Waals surface area contributed by atoms with Crippen LogP contribution in [0.4, 0.5) is 13.2 Å². The maximum atomic E-state index is 12.4. The Morgan fingerprint density at radius 3 is 2.32 bits per heavy atom. The SMILES string of the molecule is CN=C(NC1CCCCC1)NC1CCN(CC(F)(F)F)C1.I. The van der Waals surface area contributed by atoms with E-state index in [-0.39, 0.29) is 30.0 Å². The lowest BCUT2D eigenvalue weighted by Crippen LogP contribution is -2.48. The molecule has 1 aliphatic heterocycles. The molecule has 0 aromatic heterocycles. The van der Waals surface area contributed by atoms with Crippen molar-refractivity contribution in [3.05, 3.63) is 0 Å². The Balaban J connectivity index is 0.00000242. The lowest BCUT2D eigenvalue weighted by Gasteiger charge is -2.26. The maximum Gasteiger partial charge on any atom is 0.401 e. The summed E-state index contributed by atoms with van der Waals surface area (Å²) in [6, 6.07) is 0.486. The molecule has 1 unspecified atom stereocenters. The monoisotopic (exact) mass is 434 g/mol. The van der Waals surface area contributed by atoms with Crippen molar-refractivity contribution >= 4 is 29.9 Å². The van der Waals surface area contributed by atoms with Gasteiger partial charge in [0.15, 0.2) is 5.96 Å². The van der Waals surface area contributed by atoms with E-state index in [1.165, 1.54) is 24.2 Å². The van der Waals surface area contributed by atoms with E-state index in [0.717, 1.165) is 25.2 Å². The summed E-state index contributed by atoms with van der Waals surface area (Å²) in [6.07, 6.45) is 2.66. The zero-order chi connectivity index (χ0) is 15.3. The third kappa shape index (κ3) is 6.89. The summed E-state index contributed by atoms with van der Waals surface area (Å²) in [5.74, 6) is 0.723. The first-order valence-electron chi connectivity index (χ1n) is 7.75. The predicted octanol–water partition coefficient (Wildman–Crippen LogP) is 2.74. The Labute approximate surface area is 147 Å². The van der Waals surface area contributed by atoms with Gasteiger partial charge in [-0.15, -0.1) is 24.0 Å². The first-order chi connectivity index (χ1) is 9.96. The van der Waals surface area contributed by atoms with Crippen LogP contribution in [0.3, 0.4) is 0 Å². The zero-order valence-electron chi connectivity index (χ0n) is 13.0. The van der Waals surface area contributed by atoms with Crippen molar-refractivity contribution in [2.45, 2.75) is 56.8 Å². The number of hydrogen-bond acceptors (Lipinski definition) is 2. The lowest BCUT2D eigenvalue weighted by molar-refractivity contribution is -0.143. The molecular formula is C14H26F3IN4. The molecule has 1 aliphatic carbocycles. The molecule has 0 aromatic carbocycles. The molecule has 1 saturated carbocycles. The van der Waals surface area contributed by atoms with Crippen molar-refractivity contribution in [3.63, 3.8) is 0 Å². The highest BCUT2D eigenvalue weighted by molar-refractivity contribution is 14.0. The minimum Gasteiger partial charge on any atom is -0.354 e. The molecule has 22 heavy (non-hydrogen) atoms. The van der Waals surface area contributed by atoms with Crippen molar-refractivity contribution in [1.82, 2.24) is 15.5 Å². The number of rotatable bonds is 3. The summed E-state index contributed by atoms with van der Waals surface area (Å²) in [6.45, 7) is 0.0856. The van der Waals surface area contributed by atoms with Crippen LogP contribution >= 0.6 is 24.0 Å². The van der Waals surface area contributed by atoms with Gasteiger partial charge in [0, 0.05) is 32.2 Å². The number of nitrogens with one attached hydrogen (secondary N) is 2. The van der Waals surface area contributed by atoms with Crippen molar-refractivity contribution in [2.75, 3.05) is 26.7 Å². The van der Waals surface area contributed by atoms with Crippen LogP contribution in [0.15, 0.2) is 4.99 Å². The maximum absolute atomic E-state index is 12.4. The molecule has 1 saturated heterocycles. The number of aliphatic imine (C=N–C) groups is 1. The molecule has 0 bridgehead atoms. The van der Waals surface area contributed by atoms with E-state index < -0.39 is 12.7 Å². The second-order valence-corrected chi connectivity index (χ2v) is 6.03. The average Bonchev–Trinajstić information content (AvgIpc) is 2.84. The van der Waals surface area contributed by atoms with E-state index in [1.54, 1.807) is 7.05 Å². The Kier molecular flexibility index (Phi) is 8.23. The average molecular weight is 434 g/mol. The van der Waals surface area contributed by atoms with Gasteiger partial charge in [0.1, 0.15) is 0 Å². The highest BCUT2D eigenvalue weighted by Crippen LogP contribution is 2.20. The molecule has 8 heteroatoms. The standard InChI is InChI=1S/C14H25F3N4.HI/c1-18-13(19-11-5-3-2-4-6-11)20-12-7-8-21(9-12)10-14(15,16)17;/h11-12H,2-10H2,1H3,(H2,18,19,20);1H. The molecule has 0 spiro atoms. The molecular weight excluding hydrogens is 408 g/mol. The summed E-state index contributed by atoms with van der Waals surface area (Å²) in [5, 5.41) is 6.65. The zero-order valence-corrected chi connectivity index (χ0v) is 15.3. The van der Waals surface area contributed by atoms with E-state index >= 15 is 0 Å². The van der Waals surface area contributed by atoms with Crippen molar-refractivity contribution in [2.24, 2.45) is 4.99 Å². The fraction of sp³-hybridized carbons (Fsp3) is 0.929. The largest absolute Gasteiger partial charge is 0.401 e. The van der Waals surface area contributed by atoms with E-state index in [9.17, 15) is 13.2 Å².